The molecule has 3 rings (SSSR count). The number of rotatable bonds is 3. The van der Waals surface area contributed by atoms with Crippen LogP contribution in [0.3, 0.4) is 0 Å². The maximum atomic E-state index is 12.3. The molecule has 0 radical (unpaired) electrons. The van der Waals surface area contributed by atoms with E-state index < -0.39 is 11.9 Å². The lowest BCUT2D eigenvalue weighted by atomic mass is 10.2. The number of hydrogen-bond donors (Lipinski definition) is 2. The summed E-state index contributed by atoms with van der Waals surface area (Å²) in [4.78, 5) is 23.9. The Balaban J connectivity index is 1.80. The maximum absolute atomic E-state index is 12.3. The lowest BCUT2D eigenvalue weighted by Gasteiger charge is -2.09. The molecule has 0 fully saturated rings. The molecule has 1 aromatic heterocycles. The molecule has 120 valence electrons. The van der Waals surface area contributed by atoms with Gasteiger partial charge < -0.3 is 19.5 Å². The number of H-pyrrole nitrogens is 1. The first-order chi connectivity index (χ1) is 11.2. The number of anilines is 1. The number of fused-ring (bicyclic) bond motifs is 1. The molecule has 0 spiro atoms. The van der Waals surface area contributed by atoms with Crippen LogP contribution in [0.4, 0.5) is 5.69 Å². The highest BCUT2D eigenvalue weighted by Crippen LogP contribution is 2.30. The van der Waals surface area contributed by atoms with Crippen LogP contribution in [-0.2, 0) is 4.74 Å². The molecule has 0 unspecified atom stereocenters. The summed E-state index contributed by atoms with van der Waals surface area (Å²) in [6.07, 6.45) is 2.13. The van der Waals surface area contributed by atoms with Crippen LogP contribution in [-0.4, -0.2) is 42.4 Å². The van der Waals surface area contributed by atoms with E-state index >= 15 is 0 Å². The Bertz CT molecular complexity index is 740. The van der Waals surface area contributed by atoms with Crippen LogP contribution in [0.15, 0.2) is 24.4 Å². The summed E-state index contributed by atoms with van der Waals surface area (Å²) < 4.78 is 15.7. The zero-order valence-electron chi connectivity index (χ0n) is 12.4. The van der Waals surface area contributed by atoms with Crippen molar-refractivity contribution in [3.63, 3.8) is 0 Å². The summed E-state index contributed by atoms with van der Waals surface area (Å²) in [7, 11) is 1.25. The van der Waals surface area contributed by atoms with E-state index in [2.05, 4.69) is 20.3 Å². The highest BCUT2D eigenvalue weighted by Gasteiger charge is 2.18. The Morgan fingerprint density at radius 3 is 2.83 bits per heavy atom. The molecule has 2 N–H and O–H groups in total. The summed E-state index contributed by atoms with van der Waals surface area (Å²) in [5.41, 5.74) is 0.704. The van der Waals surface area contributed by atoms with E-state index in [0.717, 1.165) is 6.42 Å². The van der Waals surface area contributed by atoms with Gasteiger partial charge in [-0.1, -0.05) is 0 Å². The lowest BCUT2D eigenvalue weighted by Crippen LogP contribution is -2.15. The topological polar surface area (TPSA) is 103 Å². The predicted molar refractivity (Wildman–Crippen MR) is 79.9 cm³/mol. The molecule has 2 aromatic rings. The molecule has 1 aliphatic rings. The van der Waals surface area contributed by atoms with Gasteiger partial charge in [-0.05, 0) is 18.2 Å². The van der Waals surface area contributed by atoms with Gasteiger partial charge in [0.25, 0.3) is 5.91 Å². The molecule has 1 aromatic carbocycles. The molecule has 0 saturated heterocycles. The highest BCUT2D eigenvalue weighted by molar-refractivity contribution is 6.07. The van der Waals surface area contributed by atoms with Gasteiger partial charge in [-0.2, -0.15) is 5.10 Å². The molecular formula is C15H15N3O5. The van der Waals surface area contributed by atoms with E-state index in [1.165, 1.54) is 13.3 Å². The van der Waals surface area contributed by atoms with Gasteiger partial charge in [0.15, 0.2) is 17.2 Å². The average molecular weight is 317 g/mol. The van der Waals surface area contributed by atoms with Crippen LogP contribution in [0.1, 0.15) is 27.3 Å². The molecule has 8 nitrogen and oxygen atoms in total. The van der Waals surface area contributed by atoms with E-state index in [1.54, 1.807) is 18.2 Å². The number of nitrogens with zero attached hydrogens (tertiary/aromatic N) is 1. The van der Waals surface area contributed by atoms with Crippen molar-refractivity contribution >= 4 is 17.6 Å². The summed E-state index contributed by atoms with van der Waals surface area (Å²) in [5, 5.41) is 8.84. The largest absolute Gasteiger partial charge is 0.490 e. The van der Waals surface area contributed by atoms with Gasteiger partial charge in [-0.3, -0.25) is 9.89 Å². The number of methoxy groups -OCH3 is 1. The lowest BCUT2D eigenvalue weighted by molar-refractivity contribution is 0.0595. The number of aromatic nitrogens is 2. The minimum atomic E-state index is -0.614. The Morgan fingerprint density at radius 2 is 2.04 bits per heavy atom. The number of nitrogens with one attached hydrogen (secondary N) is 2. The zero-order chi connectivity index (χ0) is 16.2. The van der Waals surface area contributed by atoms with Gasteiger partial charge in [-0.15, -0.1) is 0 Å². The number of hydrogen-bond acceptors (Lipinski definition) is 6. The van der Waals surface area contributed by atoms with Crippen LogP contribution in [0.5, 0.6) is 11.5 Å². The number of ether oxygens (including phenoxy) is 3. The number of benzene rings is 1. The Hall–Kier alpha value is -3.03. The molecule has 0 aliphatic carbocycles. The normalized spacial score (nSPS) is 13.1. The molecule has 0 bridgehead atoms. The van der Waals surface area contributed by atoms with Gasteiger partial charge in [0, 0.05) is 12.0 Å². The van der Waals surface area contributed by atoms with Crippen molar-refractivity contribution in [3.8, 4) is 11.5 Å². The summed E-state index contributed by atoms with van der Waals surface area (Å²) in [6.45, 7) is 1.11. The van der Waals surface area contributed by atoms with Gasteiger partial charge >= 0.3 is 5.97 Å². The van der Waals surface area contributed by atoms with Crippen LogP contribution in [0.2, 0.25) is 0 Å². The molecule has 2 heterocycles. The molecule has 8 heteroatoms. The Labute approximate surface area is 131 Å². The second kappa shape index (κ2) is 6.39. The average Bonchev–Trinajstić information content (AvgIpc) is 2.89. The molecule has 0 saturated carbocycles. The van der Waals surface area contributed by atoms with E-state index in [0.29, 0.717) is 30.3 Å². The van der Waals surface area contributed by atoms with Crippen molar-refractivity contribution in [1.82, 2.24) is 10.2 Å². The van der Waals surface area contributed by atoms with Crippen LogP contribution < -0.4 is 14.8 Å². The Kier molecular flexibility index (Phi) is 4.13. The number of amides is 1. The standard InChI is InChI=1S/C15H15N3O5/c1-21-15(20)13-10(8-16-18-13)17-14(19)9-3-4-11-12(7-9)23-6-2-5-22-11/h3-4,7-8H,2,5-6H2,1H3,(H,16,18)(H,17,19). The Morgan fingerprint density at radius 1 is 1.26 bits per heavy atom. The van der Waals surface area contributed by atoms with Crippen molar-refractivity contribution in [1.29, 1.82) is 0 Å². The van der Waals surface area contributed by atoms with Crippen molar-refractivity contribution in [2.24, 2.45) is 0 Å². The zero-order valence-corrected chi connectivity index (χ0v) is 12.4. The van der Waals surface area contributed by atoms with Crippen LogP contribution in [0, 0.1) is 0 Å². The van der Waals surface area contributed by atoms with Gasteiger partial charge in [0.1, 0.15) is 0 Å². The second-order valence-electron chi connectivity index (χ2n) is 4.82. The smallest absolute Gasteiger partial charge is 0.358 e. The van der Waals surface area contributed by atoms with E-state index in [9.17, 15) is 9.59 Å². The number of carbonyl (C=O) groups excluding carboxylic acids is 2. The third-order valence-electron chi connectivity index (χ3n) is 3.29. The third kappa shape index (κ3) is 3.10. The summed E-state index contributed by atoms with van der Waals surface area (Å²) in [6, 6.07) is 4.92. The monoisotopic (exact) mass is 317 g/mol. The molecular weight excluding hydrogens is 302 g/mol. The fourth-order valence-electron chi connectivity index (χ4n) is 2.14. The van der Waals surface area contributed by atoms with Crippen molar-refractivity contribution in [2.75, 3.05) is 25.6 Å². The fourth-order valence-corrected chi connectivity index (χ4v) is 2.14. The molecule has 1 aliphatic heterocycles. The first-order valence-corrected chi connectivity index (χ1v) is 7.01. The number of carbonyl (C=O) groups is 2. The minimum absolute atomic E-state index is 0.0789. The van der Waals surface area contributed by atoms with Gasteiger partial charge in [-0.25, -0.2) is 4.79 Å². The van der Waals surface area contributed by atoms with Crippen LogP contribution in [0.25, 0.3) is 0 Å². The fraction of sp³-hybridized carbons (Fsp3) is 0.267. The van der Waals surface area contributed by atoms with Crippen molar-refractivity contribution in [3.05, 3.63) is 35.7 Å². The van der Waals surface area contributed by atoms with Gasteiger partial charge in [0.2, 0.25) is 0 Å². The SMILES string of the molecule is COC(=O)c1[nH]ncc1NC(=O)c1ccc2c(c1)OCCCO2. The quantitative estimate of drug-likeness (QED) is 0.834. The van der Waals surface area contributed by atoms with Crippen LogP contribution >= 0.6 is 0 Å². The first kappa shape index (κ1) is 14.9. The van der Waals surface area contributed by atoms with Crippen molar-refractivity contribution in [2.45, 2.75) is 6.42 Å². The number of aromatic amines is 1. The molecule has 0 atom stereocenters. The molecule has 1 amide bonds. The summed E-state index contributed by atoms with van der Waals surface area (Å²) in [5.74, 6) is 0.122. The number of esters is 1. The first-order valence-electron chi connectivity index (χ1n) is 7.01. The van der Waals surface area contributed by atoms with E-state index in [-0.39, 0.29) is 11.4 Å². The van der Waals surface area contributed by atoms with Crippen molar-refractivity contribution < 1.29 is 23.8 Å². The third-order valence-corrected chi connectivity index (χ3v) is 3.29. The second-order valence-corrected chi connectivity index (χ2v) is 4.82. The predicted octanol–water partition coefficient (Wildman–Crippen LogP) is 1.61. The highest BCUT2D eigenvalue weighted by atomic mass is 16.5. The summed E-state index contributed by atoms with van der Waals surface area (Å²) >= 11 is 0. The van der Waals surface area contributed by atoms with Gasteiger partial charge in [0.05, 0.1) is 32.2 Å². The van der Waals surface area contributed by atoms with E-state index in [4.69, 9.17) is 9.47 Å². The minimum Gasteiger partial charge on any atom is -0.490 e. The molecule has 23 heavy (non-hydrogen) atoms. The van der Waals surface area contributed by atoms with E-state index in [1.807, 2.05) is 0 Å². The maximum Gasteiger partial charge on any atom is 0.358 e.